The Morgan fingerprint density at radius 3 is 2.14 bits per heavy atom. The second-order valence-electron chi connectivity index (χ2n) is 16.5. The van der Waals surface area contributed by atoms with Crippen LogP contribution >= 0.6 is 0 Å². The first-order valence-electron chi connectivity index (χ1n) is 15.9. The molecule has 4 rings (SSSR count). The molecule has 2 heteroatoms. The molecule has 4 aliphatic carbocycles. The Bertz CT molecular complexity index is 721. The van der Waals surface area contributed by atoms with E-state index in [1.807, 2.05) is 0 Å². The molecule has 4 saturated carbocycles. The van der Waals surface area contributed by atoms with Gasteiger partial charge in [0.1, 0.15) is 0 Å². The van der Waals surface area contributed by atoms with E-state index in [1.54, 1.807) is 0 Å². The van der Waals surface area contributed by atoms with Gasteiger partial charge in [-0.1, -0.05) is 74.7 Å². The van der Waals surface area contributed by atoms with Crippen LogP contribution in [0, 0.1) is 52.3 Å². The van der Waals surface area contributed by atoms with E-state index in [1.165, 1.54) is 77.0 Å². The third-order valence-corrected chi connectivity index (χ3v) is 17.6. The smallest absolute Gasteiger partial charge is 0.192 e. The fraction of sp³-hybridized carbons (Fsp3) is 1.00. The van der Waals surface area contributed by atoms with Crippen LogP contribution in [-0.2, 0) is 4.43 Å². The Hall–Kier alpha value is 0.177. The Balaban J connectivity index is 1.41. The van der Waals surface area contributed by atoms with Gasteiger partial charge >= 0.3 is 0 Å². The molecule has 0 amide bonds. The van der Waals surface area contributed by atoms with Crippen LogP contribution in [0.3, 0.4) is 0 Å². The average molecular weight is 503 g/mol. The van der Waals surface area contributed by atoms with Gasteiger partial charge in [0.25, 0.3) is 0 Å². The quantitative estimate of drug-likeness (QED) is 0.314. The van der Waals surface area contributed by atoms with E-state index in [-0.39, 0.29) is 0 Å². The zero-order valence-electron chi connectivity index (χ0n) is 25.5. The minimum atomic E-state index is -1.67. The maximum absolute atomic E-state index is 6.98. The van der Waals surface area contributed by atoms with E-state index < -0.39 is 8.32 Å². The summed E-state index contributed by atoms with van der Waals surface area (Å²) in [4.78, 5) is 0. The summed E-state index contributed by atoms with van der Waals surface area (Å²) >= 11 is 0. The third-order valence-electron chi connectivity index (χ3n) is 13.1. The average Bonchev–Trinajstić information content (AvgIpc) is 3.10. The predicted octanol–water partition coefficient (Wildman–Crippen LogP) is 10.5. The van der Waals surface area contributed by atoms with Gasteiger partial charge in [-0.25, -0.2) is 0 Å². The molecular formula is C33H62OSi. The van der Waals surface area contributed by atoms with Crippen molar-refractivity contribution in [2.45, 2.75) is 157 Å². The largest absolute Gasteiger partial charge is 0.414 e. The molecule has 35 heavy (non-hydrogen) atoms. The van der Waals surface area contributed by atoms with Crippen LogP contribution in [0.4, 0.5) is 0 Å². The van der Waals surface area contributed by atoms with Gasteiger partial charge in [-0.05, 0) is 128 Å². The highest BCUT2D eigenvalue weighted by Crippen LogP contribution is 2.68. The Labute approximate surface area is 221 Å². The summed E-state index contributed by atoms with van der Waals surface area (Å²) in [6, 6.07) is 0. The van der Waals surface area contributed by atoms with Crippen molar-refractivity contribution in [2.75, 3.05) is 0 Å². The molecule has 0 spiro atoms. The summed E-state index contributed by atoms with van der Waals surface area (Å²) in [5.41, 5.74) is 1.21. The topological polar surface area (TPSA) is 9.23 Å². The van der Waals surface area contributed by atoms with Crippen LogP contribution in [0.15, 0.2) is 0 Å². The molecule has 0 aromatic heterocycles. The molecule has 0 N–H and O–H groups in total. The van der Waals surface area contributed by atoms with E-state index in [2.05, 4.69) is 68.5 Å². The van der Waals surface area contributed by atoms with Crippen LogP contribution in [0.25, 0.3) is 0 Å². The first kappa shape index (κ1) is 28.2. The summed E-state index contributed by atoms with van der Waals surface area (Å²) in [5, 5.41) is 0.324. The molecule has 0 bridgehead atoms. The van der Waals surface area contributed by atoms with E-state index in [9.17, 15) is 0 Å². The van der Waals surface area contributed by atoms with Crippen molar-refractivity contribution >= 4 is 8.32 Å². The maximum Gasteiger partial charge on any atom is 0.192 e. The standard InChI is InChI=1S/C33H62OSi/c1-23(2)12-11-13-24(3)28-16-17-29-27-15-14-25-22-26(34-35(9,10)31(4,5)6)18-20-32(25,7)30(27)19-21-33(28,29)8/h23-30H,11-22H2,1-10H3. The minimum Gasteiger partial charge on any atom is -0.414 e. The normalized spacial score (nSPS) is 42.9. The maximum atomic E-state index is 6.98. The fourth-order valence-corrected chi connectivity index (χ4v) is 11.3. The highest BCUT2D eigenvalue weighted by molar-refractivity contribution is 6.74. The van der Waals surface area contributed by atoms with Crippen LogP contribution in [-0.4, -0.2) is 14.4 Å². The highest BCUT2D eigenvalue weighted by Gasteiger charge is 2.60. The molecule has 9 atom stereocenters. The van der Waals surface area contributed by atoms with Crippen molar-refractivity contribution in [3.8, 4) is 0 Å². The Morgan fingerprint density at radius 1 is 0.829 bits per heavy atom. The van der Waals surface area contributed by atoms with E-state index in [0.717, 1.165) is 41.4 Å². The van der Waals surface area contributed by atoms with Gasteiger partial charge in [0, 0.05) is 6.10 Å². The molecule has 0 saturated heterocycles. The molecule has 0 aliphatic heterocycles. The summed E-state index contributed by atoms with van der Waals surface area (Å²) in [7, 11) is -1.67. The van der Waals surface area contributed by atoms with E-state index in [4.69, 9.17) is 4.43 Å². The summed E-state index contributed by atoms with van der Waals surface area (Å²) in [6.45, 7) is 25.0. The molecule has 4 fully saturated rings. The van der Waals surface area contributed by atoms with Crippen molar-refractivity contribution in [1.29, 1.82) is 0 Å². The molecule has 9 unspecified atom stereocenters. The molecule has 4 aliphatic rings. The second-order valence-corrected chi connectivity index (χ2v) is 21.2. The molecule has 0 aromatic rings. The molecule has 0 heterocycles. The van der Waals surface area contributed by atoms with Crippen LogP contribution in [0.1, 0.15) is 132 Å². The first-order chi connectivity index (χ1) is 16.2. The molecule has 0 aromatic carbocycles. The van der Waals surface area contributed by atoms with Crippen LogP contribution in [0.5, 0.6) is 0 Å². The van der Waals surface area contributed by atoms with Crippen molar-refractivity contribution in [3.63, 3.8) is 0 Å². The minimum absolute atomic E-state index is 0.324. The molecule has 0 radical (unpaired) electrons. The van der Waals surface area contributed by atoms with Gasteiger partial charge in [0.05, 0.1) is 0 Å². The van der Waals surface area contributed by atoms with Crippen molar-refractivity contribution in [1.82, 2.24) is 0 Å². The van der Waals surface area contributed by atoms with Gasteiger partial charge in [-0.15, -0.1) is 0 Å². The lowest BCUT2D eigenvalue weighted by molar-refractivity contribution is -0.127. The Kier molecular flexibility index (Phi) is 8.10. The number of rotatable bonds is 7. The summed E-state index contributed by atoms with van der Waals surface area (Å²) in [5.74, 6) is 6.70. The van der Waals surface area contributed by atoms with Crippen molar-refractivity contribution in [3.05, 3.63) is 0 Å². The molecular weight excluding hydrogens is 440 g/mol. The van der Waals surface area contributed by atoms with Crippen LogP contribution in [0.2, 0.25) is 18.1 Å². The monoisotopic (exact) mass is 502 g/mol. The van der Waals surface area contributed by atoms with E-state index >= 15 is 0 Å². The van der Waals surface area contributed by atoms with Gasteiger partial charge in [0.15, 0.2) is 8.32 Å². The van der Waals surface area contributed by atoms with Crippen LogP contribution < -0.4 is 0 Å². The van der Waals surface area contributed by atoms with E-state index in [0.29, 0.717) is 22.0 Å². The second kappa shape index (κ2) is 10.1. The third kappa shape index (κ3) is 5.24. The molecule has 1 nitrogen and oxygen atoms in total. The highest BCUT2D eigenvalue weighted by atomic mass is 28.4. The fourth-order valence-electron chi connectivity index (χ4n) is 9.94. The zero-order valence-corrected chi connectivity index (χ0v) is 26.5. The van der Waals surface area contributed by atoms with Gasteiger partial charge in [0.2, 0.25) is 0 Å². The lowest BCUT2D eigenvalue weighted by Crippen LogP contribution is -2.55. The number of hydrogen-bond acceptors (Lipinski definition) is 1. The summed E-state index contributed by atoms with van der Waals surface area (Å²) in [6.07, 6.45) is 18.1. The number of fused-ring (bicyclic) bond motifs is 5. The zero-order chi connectivity index (χ0) is 25.8. The van der Waals surface area contributed by atoms with Gasteiger partial charge in [-0.3, -0.25) is 0 Å². The molecule has 204 valence electrons. The lowest BCUT2D eigenvalue weighted by Gasteiger charge is -2.61. The van der Waals surface area contributed by atoms with Gasteiger partial charge < -0.3 is 4.43 Å². The van der Waals surface area contributed by atoms with Crippen molar-refractivity contribution < 1.29 is 4.43 Å². The van der Waals surface area contributed by atoms with Crippen molar-refractivity contribution in [2.24, 2.45) is 52.3 Å². The Morgan fingerprint density at radius 2 is 1.49 bits per heavy atom. The first-order valence-corrected chi connectivity index (χ1v) is 18.8. The SMILES string of the molecule is CC(C)CCCC(C)C1CCC2C3CCC4CC(O[Si](C)(C)C(C)(C)C)CCC4(C)C3CCC12C. The lowest BCUT2D eigenvalue weighted by atomic mass is 9.44. The number of hydrogen-bond donors (Lipinski definition) is 0. The summed E-state index contributed by atoms with van der Waals surface area (Å²) < 4.78 is 6.98. The van der Waals surface area contributed by atoms with Gasteiger partial charge in [-0.2, -0.15) is 0 Å². The predicted molar refractivity (Wildman–Crippen MR) is 155 cm³/mol.